The van der Waals surface area contributed by atoms with Crippen LogP contribution in [0.3, 0.4) is 0 Å². The third-order valence-corrected chi connectivity index (χ3v) is 3.04. The summed E-state index contributed by atoms with van der Waals surface area (Å²) in [4.78, 5) is 13.6. The van der Waals surface area contributed by atoms with Gasteiger partial charge in [0.15, 0.2) is 0 Å². The van der Waals surface area contributed by atoms with Gasteiger partial charge in [0.25, 0.3) is 0 Å². The quantitative estimate of drug-likeness (QED) is 0.904. The topological polar surface area (TPSA) is 41.6 Å². The minimum Gasteiger partial charge on any atom is -0.444 e. The van der Waals surface area contributed by atoms with Crippen molar-refractivity contribution in [2.75, 3.05) is 18.4 Å². The summed E-state index contributed by atoms with van der Waals surface area (Å²) >= 11 is 0. The number of hydrogen-bond donors (Lipinski definition) is 1. The fourth-order valence-electron chi connectivity index (χ4n) is 2.18. The Hall–Kier alpha value is -1.78. The van der Waals surface area contributed by atoms with Gasteiger partial charge in [0.2, 0.25) is 0 Å². The Morgan fingerprint density at radius 2 is 2.20 bits per heavy atom. The minimum absolute atomic E-state index is 0.129. The van der Waals surface area contributed by atoms with Gasteiger partial charge >= 0.3 is 6.09 Å². The Labute approximate surface area is 118 Å². The van der Waals surface area contributed by atoms with E-state index in [1.165, 1.54) is 12.1 Å². The summed E-state index contributed by atoms with van der Waals surface area (Å²) < 4.78 is 18.4. The molecule has 1 aliphatic heterocycles. The molecule has 110 valence electrons. The molecule has 0 spiro atoms. The second-order valence-electron chi connectivity index (χ2n) is 6.07. The molecule has 0 saturated carbocycles. The van der Waals surface area contributed by atoms with Crippen molar-refractivity contribution in [2.24, 2.45) is 0 Å². The Kier molecular flexibility index (Phi) is 4.16. The zero-order valence-corrected chi connectivity index (χ0v) is 12.1. The van der Waals surface area contributed by atoms with Crippen LogP contribution in [0.5, 0.6) is 0 Å². The summed E-state index contributed by atoms with van der Waals surface area (Å²) in [5.74, 6) is -0.267. The third kappa shape index (κ3) is 4.11. The Bertz CT molecular complexity index is 485. The van der Waals surface area contributed by atoms with Crippen LogP contribution in [0.4, 0.5) is 14.9 Å². The van der Waals surface area contributed by atoms with Crippen LogP contribution < -0.4 is 5.32 Å². The van der Waals surface area contributed by atoms with E-state index in [2.05, 4.69) is 5.32 Å². The lowest BCUT2D eigenvalue weighted by Gasteiger charge is -2.24. The molecule has 5 heteroatoms. The SMILES string of the molecule is CC(C)(C)OC(=O)N1CC[C@H](Nc2cccc(F)c2)C1. The molecule has 1 aliphatic rings. The van der Waals surface area contributed by atoms with Gasteiger partial charge in [0, 0.05) is 24.8 Å². The first-order valence-electron chi connectivity index (χ1n) is 6.83. The molecule has 0 aromatic heterocycles. The lowest BCUT2D eigenvalue weighted by Crippen LogP contribution is -2.36. The first-order valence-corrected chi connectivity index (χ1v) is 6.83. The van der Waals surface area contributed by atoms with Crippen LogP contribution >= 0.6 is 0 Å². The fourth-order valence-corrected chi connectivity index (χ4v) is 2.18. The fraction of sp³-hybridized carbons (Fsp3) is 0.533. The van der Waals surface area contributed by atoms with Crippen LogP contribution in [0.15, 0.2) is 24.3 Å². The Balaban J connectivity index is 1.88. The maximum Gasteiger partial charge on any atom is 0.410 e. The highest BCUT2D eigenvalue weighted by molar-refractivity contribution is 5.68. The van der Waals surface area contributed by atoms with Crippen molar-refractivity contribution in [1.82, 2.24) is 4.90 Å². The lowest BCUT2D eigenvalue weighted by atomic mass is 10.2. The predicted octanol–water partition coefficient (Wildman–Crippen LogP) is 3.25. The van der Waals surface area contributed by atoms with Crippen molar-refractivity contribution in [1.29, 1.82) is 0 Å². The first kappa shape index (κ1) is 14.6. The van der Waals surface area contributed by atoms with E-state index in [0.29, 0.717) is 13.1 Å². The van der Waals surface area contributed by atoms with Crippen LogP contribution in [0.1, 0.15) is 27.2 Å². The summed E-state index contributed by atoms with van der Waals surface area (Å²) in [5, 5.41) is 3.24. The highest BCUT2D eigenvalue weighted by Crippen LogP contribution is 2.19. The number of carbonyl (C=O) groups is 1. The number of anilines is 1. The highest BCUT2D eigenvalue weighted by Gasteiger charge is 2.29. The molecule has 4 nitrogen and oxygen atoms in total. The maximum absolute atomic E-state index is 13.1. The number of amides is 1. The summed E-state index contributed by atoms with van der Waals surface area (Å²) in [6.45, 7) is 6.78. The molecule has 1 N–H and O–H groups in total. The van der Waals surface area contributed by atoms with Gasteiger partial charge < -0.3 is 15.0 Å². The summed E-state index contributed by atoms with van der Waals surface area (Å²) in [7, 11) is 0. The second kappa shape index (κ2) is 5.69. The van der Waals surface area contributed by atoms with Crippen LogP contribution in [-0.2, 0) is 4.74 Å². The van der Waals surface area contributed by atoms with Gasteiger partial charge in [-0.25, -0.2) is 9.18 Å². The average molecular weight is 280 g/mol. The van der Waals surface area contributed by atoms with Gasteiger partial charge in [-0.05, 0) is 45.4 Å². The van der Waals surface area contributed by atoms with Gasteiger partial charge in [-0.3, -0.25) is 0 Å². The predicted molar refractivity (Wildman–Crippen MR) is 76.2 cm³/mol. The van der Waals surface area contributed by atoms with Crippen molar-refractivity contribution >= 4 is 11.8 Å². The molecular formula is C15H21FN2O2. The summed E-state index contributed by atoms with van der Waals surface area (Å²) in [6, 6.07) is 6.48. The number of hydrogen-bond acceptors (Lipinski definition) is 3. The van der Waals surface area contributed by atoms with Gasteiger partial charge in [-0.1, -0.05) is 6.07 Å². The standard InChI is InChI=1S/C15H21FN2O2/c1-15(2,3)20-14(19)18-8-7-13(10-18)17-12-6-4-5-11(16)9-12/h4-6,9,13,17H,7-8,10H2,1-3H3/t13-/m0/s1. The molecule has 1 fully saturated rings. The minimum atomic E-state index is -0.481. The Morgan fingerprint density at radius 1 is 1.45 bits per heavy atom. The van der Waals surface area contributed by atoms with Crippen molar-refractivity contribution in [3.8, 4) is 0 Å². The number of likely N-dealkylation sites (tertiary alicyclic amines) is 1. The van der Waals surface area contributed by atoms with Crippen LogP contribution in [0.2, 0.25) is 0 Å². The molecule has 1 atom stereocenters. The zero-order valence-electron chi connectivity index (χ0n) is 12.1. The summed E-state index contributed by atoms with van der Waals surface area (Å²) in [5.41, 5.74) is 0.256. The Morgan fingerprint density at radius 3 is 2.85 bits per heavy atom. The average Bonchev–Trinajstić information content (AvgIpc) is 2.75. The van der Waals surface area contributed by atoms with Gasteiger partial charge in [0.1, 0.15) is 11.4 Å². The smallest absolute Gasteiger partial charge is 0.410 e. The number of nitrogens with zero attached hydrogens (tertiary/aromatic N) is 1. The van der Waals surface area contributed by atoms with Gasteiger partial charge in [0.05, 0.1) is 0 Å². The van der Waals surface area contributed by atoms with E-state index < -0.39 is 5.60 Å². The largest absolute Gasteiger partial charge is 0.444 e. The zero-order chi connectivity index (χ0) is 14.8. The van der Waals surface area contributed by atoms with E-state index in [1.54, 1.807) is 11.0 Å². The number of rotatable bonds is 2. The van der Waals surface area contributed by atoms with Crippen LogP contribution in [0, 0.1) is 5.82 Å². The maximum atomic E-state index is 13.1. The molecule has 2 rings (SSSR count). The molecule has 0 unspecified atom stereocenters. The molecule has 1 saturated heterocycles. The molecule has 0 aliphatic carbocycles. The molecule has 20 heavy (non-hydrogen) atoms. The number of halogens is 1. The monoisotopic (exact) mass is 280 g/mol. The van der Waals surface area contributed by atoms with Crippen molar-refractivity contribution < 1.29 is 13.9 Å². The molecule has 1 heterocycles. The number of carbonyl (C=O) groups excluding carboxylic acids is 1. The number of ether oxygens (including phenoxy) is 1. The molecule has 0 radical (unpaired) electrons. The molecule has 0 bridgehead atoms. The van der Waals surface area contributed by atoms with Crippen molar-refractivity contribution in [3.63, 3.8) is 0 Å². The molecule has 1 amide bonds. The molecule has 1 aromatic rings. The number of benzene rings is 1. The second-order valence-corrected chi connectivity index (χ2v) is 6.07. The van der Waals surface area contributed by atoms with E-state index in [9.17, 15) is 9.18 Å². The normalized spacial score (nSPS) is 19.0. The van der Waals surface area contributed by atoms with Crippen molar-refractivity contribution in [3.05, 3.63) is 30.1 Å². The molecule has 1 aromatic carbocycles. The van der Waals surface area contributed by atoms with Crippen LogP contribution in [0.25, 0.3) is 0 Å². The van der Waals surface area contributed by atoms with Gasteiger partial charge in [-0.15, -0.1) is 0 Å². The van der Waals surface area contributed by atoms with E-state index in [1.807, 2.05) is 26.8 Å². The lowest BCUT2D eigenvalue weighted by molar-refractivity contribution is 0.0293. The highest BCUT2D eigenvalue weighted by atomic mass is 19.1. The van der Waals surface area contributed by atoms with E-state index in [-0.39, 0.29) is 18.0 Å². The van der Waals surface area contributed by atoms with E-state index >= 15 is 0 Å². The van der Waals surface area contributed by atoms with E-state index in [4.69, 9.17) is 4.74 Å². The van der Waals surface area contributed by atoms with Crippen molar-refractivity contribution in [2.45, 2.75) is 38.8 Å². The van der Waals surface area contributed by atoms with Crippen LogP contribution in [-0.4, -0.2) is 35.7 Å². The number of nitrogens with one attached hydrogen (secondary N) is 1. The summed E-state index contributed by atoms with van der Waals surface area (Å²) in [6.07, 6.45) is 0.538. The first-order chi connectivity index (χ1) is 9.33. The van der Waals surface area contributed by atoms with Gasteiger partial charge in [-0.2, -0.15) is 0 Å². The van der Waals surface area contributed by atoms with E-state index in [0.717, 1.165) is 12.1 Å². The third-order valence-electron chi connectivity index (χ3n) is 3.04. The molecular weight excluding hydrogens is 259 g/mol.